The van der Waals surface area contributed by atoms with Crippen LogP contribution in [0.5, 0.6) is 0 Å². The standard InChI is InChI=1S/C12H15N3OS/c1-9-11(5-7-17-9)14-12(16)13-8-10-4-3-6-15(10)2/h3-7H,8H2,1-2H3,(H2,13,14,16). The third kappa shape index (κ3) is 2.88. The van der Waals surface area contributed by atoms with Crippen LogP contribution in [0, 0.1) is 6.92 Å². The van der Waals surface area contributed by atoms with Crippen molar-refractivity contribution in [3.8, 4) is 0 Å². The second-order valence-corrected chi connectivity index (χ2v) is 4.93. The number of hydrogen-bond acceptors (Lipinski definition) is 2. The van der Waals surface area contributed by atoms with E-state index >= 15 is 0 Å². The molecule has 2 aromatic rings. The first-order chi connectivity index (χ1) is 8.16. The smallest absolute Gasteiger partial charge is 0.319 e. The van der Waals surface area contributed by atoms with Gasteiger partial charge in [-0.1, -0.05) is 0 Å². The van der Waals surface area contributed by atoms with Gasteiger partial charge < -0.3 is 15.2 Å². The van der Waals surface area contributed by atoms with E-state index in [-0.39, 0.29) is 6.03 Å². The van der Waals surface area contributed by atoms with E-state index in [0.29, 0.717) is 6.54 Å². The van der Waals surface area contributed by atoms with Gasteiger partial charge in [-0.05, 0) is 30.5 Å². The Bertz CT molecular complexity index is 515. The van der Waals surface area contributed by atoms with Crippen molar-refractivity contribution in [2.75, 3.05) is 5.32 Å². The molecule has 2 heterocycles. The lowest BCUT2D eigenvalue weighted by atomic mass is 10.4. The maximum Gasteiger partial charge on any atom is 0.319 e. The summed E-state index contributed by atoms with van der Waals surface area (Å²) in [6.45, 7) is 2.51. The zero-order chi connectivity index (χ0) is 12.3. The summed E-state index contributed by atoms with van der Waals surface area (Å²) in [5, 5.41) is 7.61. The fourth-order valence-electron chi connectivity index (χ4n) is 1.53. The topological polar surface area (TPSA) is 46.1 Å². The van der Waals surface area contributed by atoms with Gasteiger partial charge in [-0.3, -0.25) is 0 Å². The third-order valence-electron chi connectivity index (χ3n) is 2.59. The van der Waals surface area contributed by atoms with Crippen LogP contribution >= 0.6 is 11.3 Å². The normalized spacial score (nSPS) is 10.2. The van der Waals surface area contributed by atoms with Gasteiger partial charge in [-0.25, -0.2) is 4.79 Å². The molecule has 2 rings (SSSR count). The van der Waals surface area contributed by atoms with E-state index in [4.69, 9.17) is 0 Å². The Morgan fingerprint density at radius 2 is 2.29 bits per heavy atom. The lowest BCUT2D eigenvalue weighted by molar-refractivity contribution is 0.251. The van der Waals surface area contributed by atoms with Crippen molar-refractivity contribution in [2.45, 2.75) is 13.5 Å². The highest BCUT2D eigenvalue weighted by Gasteiger charge is 2.05. The van der Waals surface area contributed by atoms with Crippen LogP contribution in [-0.4, -0.2) is 10.6 Å². The molecule has 0 saturated heterocycles. The quantitative estimate of drug-likeness (QED) is 0.863. The number of carbonyl (C=O) groups is 1. The summed E-state index contributed by atoms with van der Waals surface area (Å²) in [6, 6.07) is 5.67. The van der Waals surface area contributed by atoms with Crippen molar-refractivity contribution in [3.05, 3.63) is 40.3 Å². The minimum absolute atomic E-state index is 0.173. The molecule has 2 N–H and O–H groups in total. The van der Waals surface area contributed by atoms with E-state index < -0.39 is 0 Å². The van der Waals surface area contributed by atoms with E-state index in [0.717, 1.165) is 16.3 Å². The Labute approximate surface area is 104 Å². The molecule has 0 fully saturated rings. The Morgan fingerprint density at radius 3 is 2.88 bits per heavy atom. The van der Waals surface area contributed by atoms with Crippen LogP contribution in [0.2, 0.25) is 0 Å². The summed E-state index contributed by atoms with van der Waals surface area (Å²) in [7, 11) is 1.96. The maximum absolute atomic E-state index is 11.6. The molecule has 0 unspecified atom stereocenters. The fraction of sp³-hybridized carbons (Fsp3) is 0.250. The summed E-state index contributed by atoms with van der Waals surface area (Å²) >= 11 is 1.62. The van der Waals surface area contributed by atoms with Gasteiger partial charge in [0.25, 0.3) is 0 Å². The molecule has 0 spiro atoms. The second-order valence-electron chi connectivity index (χ2n) is 3.81. The lowest BCUT2D eigenvalue weighted by Gasteiger charge is -2.07. The minimum atomic E-state index is -0.173. The first-order valence-corrected chi connectivity index (χ1v) is 6.24. The van der Waals surface area contributed by atoms with Crippen molar-refractivity contribution >= 4 is 23.1 Å². The Hall–Kier alpha value is -1.75. The average molecular weight is 249 g/mol. The highest BCUT2D eigenvalue weighted by atomic mass is 32.1. The van der Waals surface area contributed by atoms with Gasteiger partial charge in [0.1, 0.15) is 0 Å². The number of rotatable bonds is 3. The molecular formula is C12H15N3OS. The van der Waals surface area contributed by atoms with Crippen LogP contribution in [0.3, 0.4) is 0 Å². The number of hydrogen-bond donors (Lipinski definition) is 2. The molecular weight excluding hydrogens is 234 g/mol. The van der Waals surface area contributed by atoms with Crippen LogP contribution in [0.1, 0.15) is 10.6 Å². The number of nitrogens with one attached hydrogen (secondary N) is 2. The van der Waals surface area contributed by atoms with E-state index in [9.17, 15) is 4.79 Å². The fourth-order valence-corrected chi connectivity index (χ4v) is 2.19. The molecule has 4 nitrogen and oxygen atoms in total. The van der Waals surface area contributed by atoms with E-state index in [1.54, 1.807) is 11.3 Å². The van der Waals surface area contributed by atoms with Gasteiger partial charge in [0.15, 0.2) is 0 Å². The molecule has 2 aromatic heterocycles. The number of anilines is 1. The Kier molecular flexibility index (Phi) is 3.49. The van der Waals surface area contributed by atoms with Gasteiger partial charge in [0.2, 0.25) is 0 Å². The zero-order valence-electron chi connectivity index (χ0n) is 9.86. The molecule has 2 amide bonds. The molecule has 0 radical (unpaired) electrons. The van der Waals surface area contributed by atoms with Gasteiger partial charge in [0.05, 0.1) is 12.2 Å². The highest BCUT2D eigenvalue weighted by molar-refractivity contribution is 7.10. The first-order valence-electron chi connectivity index (χ1n) is 5.36. The van der Waals surface area contributed by atoms with E-state index in [2.05, 4.69) is 10.6 Å². The second kappa shape index (κ2) is 5.05. The van der Waals surface area contributed by atoms with Crippen molar-refractivity contribution in [1.29, 1.82) is 0 Å². The van der Waals surface area contributed by atoms with Gasteiger partial charge in [0, 0.05) is 23.8 Å². The number of amides is 2. The van der Waals surface area contributed by atoms with Crippen molar-refractivity contribution in [1.82, 2.24) is 9.88 Å². The molecule has 0 atom stereocenters. The molecule has 0 bridgehead atoms. The number of urea groups is 1. The van der Waals surface area contributed by atoms with Crippen LogP contribution in [-0.2, 0) is 13.6 Å². The van der Waals surface area contributed by atoms with Crippen molar-refractivity contribution < 1.29 is 4.79 Å². The largest absolute Gasteiger partial charge is 0.353 e. The molecule has 0 aromatic carbocycles. The SMILES string of the molecule is Cc1sccc1NC(=O)NCc1cccn1C. The molecule has 0 aliphatic rings. The number of carbonyl (C=O) groups excluding carboxylic acids is 1. The summed E-state index contributed by atoms with van der Waals surface area (Å²) in [4.78, 5) is 12.8. The third-order valence-corrected chi connectivity index (χ3v) is 3.43. The van der Waals surface area contributed by atoms with Crippen LogP contribution in [0.25, 0.3) is 0 Å². The maximum atomic E-state index is 11.6. The van der Waals surface area contributed by atoms with Gasteiger partial charge in [-0.2, -0.15) is 0 Å². The van der Waals surface area contributed by atoms with Crippen LogP contribution in [0.4, 0.5) is 10.5 Å². The minimum Gasteiger partial charge on any atom is -0.353 e. The number of aryl methyl sites for hydroxylation is 2. The highest BCUT2D eigenvalue weighted by Crippen LogP contribution is 2.20. The van der Waals surface area contributed by atoms with Gasteiger partial charge in [-0.15, -0.1) is 11.3 Å². The molecule has 5 heteroatoms. The van der Waals surface area contributed by atoms with Crippen LogP contribution < -0.4 is 10.6 Å². The molecule has 90 valence electrons. The average Bonchev–Trinajstić information content (AvgIpc) is 2.86. The molecule has 0 aliphatic carbocycles. The molecule has 0 aliphatic heterocycles. The predicted molar refractivity (Wildman–Crippen MR) is 70.3 cm³/mol. The summed E-state index contributed by atoms with van der Waals surface area (Å²) in [6.07, 6.45) is 1.96. The molecule has 17 heavy (non-hydrogen) atoms. The molecule has 0 saturated carbocycles. The van der Waals surface area contributed by atoms with Crippen LogP contribution in [0.15, 0.2) is 29.8 Å². The monoisotopic (exact) mass is 249 g/mol. The summed E-state index contributed by atoms with van der Waals surface area (Å²) in [5.74, 6) is 0. The van der Waals surface area contributed by atoms with E-state index in [1.165, 1.54) is 0 Å². The van der Waals surface area contributed by atoms with E-state index in [1.807, 2.05) is 48.3 Å². The Balaban J connectivity index is 1.86. The van der Waals surface area contributed by atoms with Crippen molar-refractivity contribution in [3.63, 3.8) is 0 Å². The Morgan fingerprint density at radius 1 is 1.47 bits per heavy atom. The number of nitrogens with zero attached hydrogens (tertiary/aromatic N) is 1. The van der Waals surface area contributed by atoms with Crippen molar-refractivity contribution in [2.24, 2.45) is 7.05 Å². The summed E-state index contributed by atoms with van der Waals surface area (Å²) < 4.78 is 1.98. The predicted octanol–water partition coefficient (Wildman–Crippen LogP) is 2.72. The zero-order valence-corrected chi connectivity index (χ0v) is 10.7. The number of aromatic nitrogens is 1. The lowest BCUT2D eigenvalue weighted by Crippen LogP contribution is -2.28. The van der Waals surface area contributed by atoms with Gasteiger partial charge >= 0.3 is 6.03 Å². The number of thiophene rings is 1. The first kappa shape index (κ1) is 11.7. The summed E-state index contributed by atoms with van der Waals surface area (Å²) in [5.41, 5.74) is 1.95.